The lowest BCUT2D eigenvalue weighted by Crippen LogP contribution is -2.34. The first-order valence-electron chi connectivity index (χ1n) is 7.23. The van der Waals surface area contributed by atoms with Crippen LogP contribution >= 0.6 is 0 Å². The van der Waals surface area contributed by atoms with E-state index in [1.54, 1.807) is 0 Å². The van der Waals surface area contributed by atoms with Gasteiger partial charge in [-0.15, -0.1) is 0 Å². The van der Waals surface area contributed by atoms with Crippen LogP contribution in [0.1, 0.15) is 20.8 Å². The summed E-state index contributed by atoms with van der Waals surface area (Å²) in [7, 11) is 4.27. The Hall–Kier alpha value is -1.49. The third kappa shape index (κ3) is 3.15. The van der Waals surface area contributed by atoms with Crippen LogP contribution < -0.4 is 15.4 Å². The quantitative estimate of drug-likeness (QED) is 0.910. The first-order chi connectivity index (χ1) is 9.38. The van der Waals surface area contributed by atoms with Crippen molar-refractivity contribution >= 4 is 11.5 Å². The fourth-order valence-electron chi connectivity index (χ4n) is 2.74. The molecule has 1 aliphatic rings. The number of aromatic nitrogens is 1. The Morgan fingerprint density at radius 1 is 1.35 bits per heavy atom. The second-order valence-electron chi connectivity index (χ2n) is 6.14. The number of hydrogen-bond donors (Lipinski definition) is 1. The third-order valence-corrected chi connectivity index (χ3v) is 3.78. The molecule has 2 heterocycles. The maximum atomic E-state index is 5.92. The zero-order chi connectivity index (χ0) is 14.9. The van der Waals surface area contributed by atoms with Gasteiger partial charge >= 0.3 is 0 Å². The summed E-state index contributed by atoms with van der Waals surface area (Å²) in [5, 5.41) is 0. The Morgan fingerprint density at radius 2 is 2.05 bits per heavy atom. The summed E-state index contributed by atoms with van der Waals surface area (Å²) in [6.45, 7) is 8.25. The molecular weight excluding hydrogens is 252 g/mol. The van der Waals surface area contributed by atoms with Crippen molar-refractivity contribution in [2.75, 3.05) is 37.8 Å². The van der Waals surface area contributed by atoms with Crippen molar-refractivity contribution in [1.82, 2.24) is 9.88 Å². The van der Waals surface area contributed by atoms with Crippen LogP contribution in [0.25, 0.3) is 0 Å². The minimum atomic E-state index is 0.0760. The molecule has 1 saturated heterocycles. The van der Waals surface area contributed by atoms with Crippen molar-refractivity contribution in [3.8, 4) is 5.88 Å². The molecular formula is C15H26N4O. The fraction of sp³-hybridized carbons (Fsp3) is 0.667. The molecule has 0 amide bonds. The first-order valence-corrected chi connectivity index (χ1v) is 7.23. The second kappa shape index (κ2) is 5.87. The molecule has 0 saturated carbocycles. The summed E-state index contributed by atoms with van der Waals surface area (Å²) >= 11 is 0. The number of nitrogens with two attached hydrogens (primary N) is 1. The summed E-state index contributed by atoms with van der Waals surface area (Å²) in [6.07, 6.45) is 0.0760. The molecule has 1 aliphatic heterocycles. The van der Waals surface area contributed by atoms with E-state index < -0.39 is 0 Å². The van der Waals surface area contributed by atoms with Crippen molar-refractivity contribution in [1.29, 1.82) is 0 Å². The number of ether oxygens (including phenoxy) is 1. The lowest BCUT2D eigenvalue weighted by molar-refractivity contribution is 0.234. The van der Waals surface area contributed by atoms with E-state index >= 15 is 0 Å². The Kier molecular flexibility index (Phi) is 4.38. The molecule has 112 valence electrons. The number of pyridine rings is 1. The van der Waals surface area contributed by atoms with Gasteiger partial charge in [-0.3, -0.25) is 0 Å². The minimum Gasteiger partial charge on any atom is -0.473 e. The molecule has 1 fully saturated rings. The van der Waals surface area contributed by atoms with Gasteiger partial charge < -0.3 is 20.3 Å². The number of likely N-dealkylation sites (N-methyl/N-ethyl adjacent to an activating group) is 1. The van der Waals surface area contributed by atoms with Crippen molar-refractivity contribution < 1.29 is 4.74 Å². The van der Waals surface area contributed by atoms with E-state index in [1.165, 1.54) is 0 Å². The zero-order valence-electron chi connectivity index (χ0n) is 13.1. The van der Waals surface area contributed by atoms with Crippen molar-refractivity contribution in [2.24, 2.45) is 5.92 Å². The SMILES string of the molecule is CC(C)Oc1nc(N2CC(C)C(N(C)C)C2)ccc1N. The molecule has 2 N–H and O–H groups in total. The van der Waals surface area contributed by atoms with Crippen LogP contribution in [-0.4, -0.2) is 49.2 Å². The van der Waals surface area contributed by atoms with E-state index in [9.17, 15) is 0 Å². The predicted octanol–water partition coefficient (Wildman–Crippen LogP) is 1.84. The fourth-order valence-corrected chi connectivity index (χ4v) is 2.74. The number of nitrogens with zero attached hydrogens (tertiary/aromatic N) is 3. The Bertz CT molecular complexity index is 461. The van der Waals surface area contributed by atoms with Gasteiger partial charge in [0.05, 0.1) is 11.8 Å². The van der Waals surface area contributed by atoms with E-state index in [1.807, 2.05) is 26.0 Å². The molecule has 2 rings (SSSR count). The molecule has 0 bridgehead atoms. The number of rotatable bonds is 4. The molecule has 5 nitrogen and oxygen atoms in total. The molecule has 1 aromatic rings. The number of anilines is 2. The van der Waals surface area contributed by atoms with Crippen LogP contribution in [0.5, 0.6) is 5.88 Å². The maximum Gasteiger partial charge on any atom is 0.239 e. The van der Waals surface area contributed by atoms with Crippen LogP contribution in [0.2, 0.25) is 0 Å². The van der Waals surface area contributed by atoms with Crippen LogP contribution in [0.4, 0.5) is 11.5 Å². The number of hydrogen-bond acceptors (Lipinski definition) is 5. The van der Waals surface area contributed by atoms with Crippen molar-refractivity contribution in [3.05, 3.63) is 12.1 Å². The van der Waals surface area contributed by atoms with E-state index in [2.05, 4.69) is 35.8 Å². The smallest absolute Gasteiger partial charge is 0.239 e. The average molecular weight is 278 g/mol. The van der Waals surface area contributed by atoms with Crippen molar-refractivity contribution in [2.45, 2.75) is 32.9 Å². The van der Waals surface area contributed by atoms with Crippen LogP contribution in [0, 0.1) is 5.92 Å². The highest BCUT2D eigenvalue weighted by Gasteiger charge is 2.31. The molecule has 1 aromatic heterocycles. The Morgan fingerprint density at radius 3 is 2.60 bits per heavy atom. The predicted molar refractivity (Wildman–Crippen MR) is 83.3 cm³/mol. The van der Waals surface area contributed by atoms with Crippen LogP contribution in [-0.2, 0) is 0 Å². The summed E-state index contributed by atoms with van der Waals surface area (Å²) < 4.78 is 5.67. The van der Waals surface area contributed by atoms with Crippen molar-refractivity contribution in [3.63, 3.8) is 0 Å². The Labute approximate surface area is 121 Å². The lowest BCUT2D eigenvalue weighted by atomic mass is 10.1. The van der Waals surface area contributed by atoms with E-state index in [-0.39, 0.29) is 6.10 Å². The van der Waals surface area contributed by atoms with Crippen LogP contribution in [0.15, 0.2) is 12.1 Å². The van der Waals surface area contributed by atoms with Gasteiger partial charge in [-0.1, -0.05) is 6.92 Å². The molecule has 0 aromatic carbocycles. The molecule has 5 heteroatoms. The highest BCUT2D eigenvalue weighted by Crippen LogP contribution is 2.28. The minimum absolute atomic E-state index is 0.0760. The molecule has 2 atom stereocenters. The van der Waals surface area contributed by atoms with Gasteiger partial charge in [0.25, 0.3) is 0 Å². The molecule has 0 radical (unpaired) electrons. The third-order valence-electron chi connectivity index (χ3n) is 3.78. The molecule has 2 unspecified atom stereocenters. The number of nitrogen functional groups attached to an aromatic ring is 1. The zero-order valence-corrected chi connectivity index (χ0v) is 13.1. The summed E-state index contributed by atoms with van der Waals surface area (Å²) in [6, 6.07) is 4.42. The maximum absolute atomic E-state index is 5.92. The Balaban J connectivity index is 2.18. The summed E-state index contributed by atoms with van der Waals surface area (Å²) in [4.78, 5) is 9.18. The second-order valence-corrected chi connectivity index (χ2v) is 6.14. The molecule has 0 aliphatic carbocycles. The van der Waals surface area contributed by atoms with Gasteiger partial charge in [0.15, 0.2) is 0 Å². The average Bonchev–Trinajstić information content (AvgIpc) is 2.73. The monoisotopic (exact) mass is 278 g/mol. The van der Waals surface area contributed by atoms with E-state index in [4.69, 9.17) is 10.5 Å². The van der Waals surface area contributed by atoms with Gasteiger partial charge in [-0.2, -0.15) is 4.98 Å². The van der Waals surface area contributed by atoms with Gasteiger partial charge in [-0.25, -0.2) is 0 Å². The largest absolute Gasteiger partial charge is 0.473 e. The van der Waals surface area contributed by atoms with Gasteiger partial charge in [0, 0.05) is 19.1 Å². The highest BCUT2D eigenvalue weighted by molar-refractivity contribution is 5.55. The summed E-state index contributed by atoms with van der Waals surface area (Å²) in [5.41, 5.74) is 6.52. The van der Waals surface area contributed by atoms with Crippen LogP contribution in [0.3, 0.4) is 0 Å². The normalized spacial score (nSPS) is 22.9. The van der Waals surface area contributed by atoms with Gasteiger partial charge in [0.1, 0.15) is 5.82 Å². The lowest BCUT2D eigenvalue weighted by Gasteiger charge is -2.23. The first kappa shape index (κ1) is 14.9. The summed E-state index contributed by atoms with van der Waals surface area (Å²) in [5.74, 6) is 2.11. The van der Waals surface area contributed by atoms with E-state index in [0.717, 1.165) is 18.9 Å². The molecule has 20 heavy (non-hydrogen) atoms. The highest BCUT2D eigenvalue weighted by atomic mass is 16.5. The molecule has 0 spiro atoms. The topological polar surface area (TPSA) is 54.6 Å². The van der Waals surface area contributed by atoms with Gasteiger partial charge in [-0.05, 0) is 46.0 Å². The van der Waals surface area contributed by atoms with E-state index in [0.29, 0.717) is 23.5 Å². The van der Waals surface area contributed by atoms with Gasteiger partial charge in [0.2, 0.25) is 5.88 Å². The standard InChI is InChI=1S/C15H26N4O/c1-10(2)20-15-12(16)6-7-14(17-15)19-8-11(3)13(9-19)18(4)5/h6-7,10-11,13H,8-9,16H2,1-5H3.